The molecule has 1 fully saturated rings. The second-order valence-corrected chi connectivity index (χ2v) is 4.94. The molecule has 4 heteroatoms. The van der Waals surface area contributed by atoms with Crippen LogP contribution in [-0.4, -0.2) is 30.8 Å². The van der Waals surface area contributed by atoms with Gasteiger partial charge in [-0.1, -0.05) is 6.42 Å². The Labute approximate surface area is 115 Å². The third-order valence-corrected chi connectivity index (χ3v) is 3.50. The van der Waals surface area contributed by atoms with Crippen molar-refractivity contribution in [3.8, 4) is 5.75 Å². The normalized spacial score (nSPS) is 19.2. The Hall–Kier alpha value is -1.26. The van der Waals surface area contributed by atoms with E-state index in [1.807, 2.05) is 25.1 Å². The summed E-state index contributed by atoms with van der Waals surface area (Å²) < 4.78 is 5.48. The minimum Gasteiger partial charge on any atom is -0.494 e. The maximum atomic E-state index is 9.37. The number of aliphatic hydroxyl groups excluding tert-OH is 1. The maximum absolute atomic E-state index is 9.37. The summed E-state index contributed by atoms with van der Waals surface area (Å²) in [7, 11) is 0. The van der Waals surface area contributed by atoms with Crippen molar-refractivity contribution in [3.05, 3.63) is 23.8 Å². The van der Waals surface area contributed by atoms with E-state index < -0.39 is 0 Å². The Balaban J connectivity index is 1.92. The van der Waals surface area contributed by atoms with E-state index >= 15 is 0 Å². The van der Waals surface area contributed by atoms with Gasteiger partial charge in [-0.2, -0.15) is 0 Å². The number of aliphatic hydroxyl groups is 1. The second-order valence-electron chi connectivity index (χ2n) is 4.94. The molecule has 0 amide bonds. The summed E-state index contributed by atoms with van der Waals surface area (Å²) in [6.45, 7) is 4.62. The molecule has 0 aliphatic carbocycles. The number of benzene rings is 1. The zero-order valence-electron chi connectivity index (χ0n) is 11.6. The van der Waals surface area contributed by atoms with Crippen molar-refractivity contribution in [2.75, 3.05) is 25.0 Å². The molecule has 1 aliphatic heterocycles. The Morgan fingerprint density at radius 3 is 3.00 bits per heavy atom. The average molecular weight is 264 g/mol. The summed E-state index contributed by atoms with van der Waals surface area (Å²) >= 11 is 0. The average Bonchev–Trinajstić information content (AvgIpc) is 2.47. The Kier molecular flexibility index (Phi) is 5.48. The molecule has 4 nitrogen and oxygen atoms in total. The van der Waals surface area contributed by atoms with Gasteiger partial charge in [0.15, 0.2) is 0 Å². The number of hydrogen-bond acceptors (Lipinski definition) is 4. The van der Waals surface area contributed by atoms with Crippen molar-refractivity contribution >= 4 is 5.69 Å². The summed E-state index contributed by atoms with van der Waals surface area (Å²) in [5.74, 6) is 0.770. The fourth-order valence-corrected chi connectivity index (χ4v) is 2.45. The van der Waals surface area contributed by atoms with Gasteiger partial charge in [-0.3, -0.25) is 0 Å². The van der Waals surface area contributed by atoms with Gasteiger partial charge in [-0.15, -0.1) is 0 Å². The molecule has 0 radical (unpaired) electrons. The van der Waals surface area contributed by atoms with Crippen LogP contribution in [0.4, 0.5) is 5.69 Å². The van der Waals surface area contributed by atoms with Crippen LogP contribution in [-0.2, 0) is 6.61 Å². The van der Waals surface area contributed by atoms with Crippen LogP contribution in [0.1, 0.15) is 31.7 Å². The van der Waals surface area contributed by atoms with Crippen LogP contribution in [0.5, 0.6) is 5.75 Å². The van der Waals surface area contributed by atoms with Gasteiger partial charge < -0.3 is 20.5 Å². The molecule has 1 saturated heterocycles. The van der Waals surface area contributed by atoms with E-state index in [1.165, 1.54) is 19.3 Å². The fourth-order valence-electron chi connectivity index (χ4n) is 2.45. The first kappa shape index (κ1) is 14.2. The van der Waals surface area contributed by atoms with Crippen LogP contribution in [0.2, 0.25) is 0 Å². The zero-order valence-corrected chi connectivity index (χ0v) is 11.6. The van der Waals surface area contributed by atoms with Crippen molar-refractivity contribution in [2.45, 2.75) is 38.8 Å². The standard InChI is InChI=1S/C15H24N2O2/c1-2-19-15-7-6-13(9-12(15)11-18)17-10-14-5-3-4-8-16-14/h6-7,9,14,16-18H,2-5,8,10-11H2,1H3. The lowest BCUT2D eigenvalue weighted by Crippen LogP contribution is -2.39. The molecule has 0 spiro atoms. The molecule has 0 aromatic heterocycles. The number of piperidine rings is 1. The van der Waals surface area contributed by atoms with Crippen LogP contribution in [0.15, 0.2) is 18.2 Å². The van der Waals surface area contributed by atoms with Crippen LogP contribution >= 0.6 is 0 Å². The molecule has 0 saturated carbocycles. The van der Waals surface area contributed by atoms with Gasteiger partial charge in [-0.05, 0) is 44.5 Å². The maximum Gasteiger partial charge on any atom is 0.124 e. The fraction of sp³-hybridized carbons (Fsp3) is 0.600. The molecule has 19 heavy (non-hydrogen) atoms. The monoisotopic (exact) mass is 264 g/mol. The lowest BCUT2D eigenvalue weighted by atomic mass is 10.0. The van der Waals surface area contributed by atoms with Crippen LogP contribution in [0, 0.1) is 0 Å². The lowest BCUT2D eigenvalue weighted by Gasteiger charge is -2.24. The topological polar surface area (TPSA) is 53.5 Å². The molecular weight excluding hydrogens is 240 g/mol. The molecular formula is C15H24N2O2. The predicted octanol–water partition coefficient (Wildman–Crippen LogP) is 2.13. The van der Waals surface area contributed by atoms with Gasteiger partial charge >= 0.3 is 0 Å². The molecule has 1 unspecified atom stereocenters. The number of anilines is 1. The highest BCUT2D eigenvalue weighted by atomic mass is 16.5. The van der Waals surface area contributed by atoms with E-state index in [0.29, 0.717) is 12.6 Å². The number of nitrogens with one attached hydrogen (secondary N) is 2. The summed E-state index contributed by atoms with van der Waals surface area (Å²) in [4.78, 5) is 0. The van der Waals surface area contributed by atoms with Crippen molar-refractivity contribution in [3.63, 3.8) is 0 Å². The molecule has 1 aromatic carbocycles. The second kappa shape index (κ2) is 7.36. The summed E-state index contributed by atoms with van der Waals surface area (Å²) in [5, 5.41) is 16.3. The Morgan fingerprint density at radius 2 is 2.32 bits per heavy atom. The minimum absolute atomic E-state index is 0.00648. The van der Waals surface area contributed by atoms with Gasteiger partial charge in [0.2, 0.25) is 0 Å². The third kappa shape index (κ3) is 4.11. The van der Waals surface area contributed by atoms with Crippen molar-refractivity contribution in [1.29, 1.82) is 0 Å². The molecule has 1 aliphatic rings. The van der Waals surface area contributed by atoms with E-state index in [1.54, 1.807) is 0 Å². The Bertz CT molecular complexity index is 390. The van der Waals surface area contributed by atoms with Crippen LogP contribution < -0.4 is 15.4 Å². The number of rotatable bonds is 6. The molecule has 3 N–H and O–H groups in total. The van der Waals surface area contributed by atoms with E-state index in [0.717, 1.165) is 30.1 Å². The first-order chi connectivity index (χ1) is 9.33. The van der Waals surface area contributed by atoms with Gasteiger partial charge in [-0.25, -0.2) is 0 Å². The number of hydrogen-bond donors (Lipinski definition) is 3. The summed E-state index contributed by atoms with van der Waals surface area (Å²) in [6.07, 6.45) is 3.83. The highest BCUT2D eigenvalue weighted by Gasteiger charge is 2.12. The van der Waals surface area contributed by atoms with Gasteiger partial charge in [0.05, 0.1) is 13.2 Å². The van der Waals surface area contributed by atoms with E-state index in [-0.39, 0.29) is 6.61 Å². The highest BCUT2D eigenvalue weighted by molar-refractivity contribution is 5.51. The molecule has 1 heterocycles. The molecule has 0 bridgehead atoms. The third-order valence-electron chi connectivity index (χ3n) is 3.50. The summed E-state index contributed by atoms with van der Waals surface area (Å²) in [6, 6.07) is 6.45. The Morgan fingerprint density at radius 1 is 1.42 bits per heavy atom. The minimum atomic E-state index is 0.00648. The van der Waals surface area contributed by atoms with E-state index in [2.05, 4.69) is 10.6 Å². The number of ether oxygens (including phenoxy) is 1. The van der Waals surface area contributed by atoms with Crippen molar-refractivity contribution < 1.29 is 9.84 Å². The first-order valence-electron chi connectivity index (χ1n) is 7.17. The van der Waals surface area contributed by atoms with Crippen molar-refractivity contribution in [2.24, 2.45) is 0 Å². The van der Waals surface area contributed by atoms with E-state index in [4.69, 9.17) is 4.74 Å². The van der Waals surface area contributed by atoms with E-state index in [9.17, 15) is 5.11 Å². The predicted molar refractivity (Wildman–Crippen MR) is 77.7 cm³/mol. The van der Waals surface area contributed by atoms with Gasteiger partial charge in [0.1, 0.15) is 5.75 Å². The highest BCUT2D eigenvalue weighted by Crippen LogP contribution is 2.23. The largest absolute Gasteiger partial charge is 0.494 e. The molecule has 2 rings (SSSR count). The smallest absolute Gasteiger partial charge is 0.124 e. The zero-order chi connectivity index (χ0) is 13.5. The molecule has 106 valence electrons. The summed E-state index contributed by atoms with van der Waals surface area (Å²) in [5.41, 5.74) is 1.88. The van der Waals surface area contributed by atoms with Crippen LogP contribution in [0.25, 0.3) is 0 Å². The lowest BCUT2D eigenvalue weighted by molar-refractivity contribution is 0.267. The molecule has 1 atom stereocenters. The van der Waals surface area contributed by atoms with Crippen LogP contribution in [0.3, 0.4) is 0 Å². The van der Waals surface area contributed by atoms with Gasteiger partial charge in [0.25, 0.3) is 0 Å². The van der Waals surface area contributed by atoms with Gasteiger partial charge in [0, 0.05) is 23.8 Å². The van der Waals surface area contributed by atoms with Crippen molar-refractivity contribution in [1.82, 2.24) is 5.32 Å². The molecule has 1 aromatic rings. The first-order valence-corrected chi connectivity index (χ1v) is 7.17. The quantitative estimate of drug-likeness (QED) is 0.737. The SMILES string of the molecule is CCOc1ccc(NCC2CCCCN2)cc1CO.